The molecule has 3 heterocycles. The second-order valence-corrected chi connectivity index (χ2v) is 13.5. The van der Waals surface area contributed by atoms with Crippen LogP contribution in [-0.2, 0) is 24.8 Å². The second-order valence-electron chi connectivity index (χ2n) is 9.66. The van der Waals surface area contributed by atoms with Crippen LogP contribution in [0.2, 0.25) is 0 Å². The van der Waals surface area contributed by atoms with Crippen molar-refractivity contribution in [3.8, 4) is 0 Å². The number of carbonyl (C=O) groups is 2. The van der Waals surface area contributed by atoms with Crippen molar-refractivity contribution in [3.63, 3.8) is 0 Å². The Kier molecular flexibility index (Phi) is 10.9. The SMILES string of the molecule is CC(=O)c1ncc(S(=O)(=O)N2CCN(C)CC2)cn1.CNc1ccc(S(=O)(=O)N2CCN(CC(C)=O)CC2)cc1. The van der Waals surface area contributed by atoms with Gasteiger partial charge in [-0.05, 0) is 38.2 Å². The van der Waals surface area contributed by atoms with Crippen molar-refractivity contribution < 1.29 is 26.4 Å². The van der Waals surface area contributed by atoms with Crippen molar-refractivity contribution >= 4 is 37.3 Å². The first kappa shape index (κ1) is 31.7. The van der Waals surface area contributed by atoms with Gasteiger partial charge in [-0.2, -0.15) is 8.61 Å². The van der Waals surface area contributed by atoms with E-state index in [9.17, 15) is 26.4 Å². The molecule has 15 heteroatoms. The summed E-state index contributed by atoms with van der Waals surface area (Å²) in [6, 6.07) is 6.73. The lowest BCUT2D eigenvalue weighted by Crippen LogP contribution is -2.49. The number of Topliss-reactive ketones (excluding diaryl/α,β-unsaturated/α-hetero) is 2. The topological polar surface area (TPSA) is 153 Å². The molecule has 2 saturated heterocycles. The predicted molar refractivity (Wildman–Crippen MR) is 150 cm³/mol. The lowest BCUT2D eigenvalue weighted by atomic mass is 10.3. The van der Waals surface area contributed by atoms with E-state index in [4.69, 9.17) is 0 Å². The molecule has 0 aliphatic carbocycles. The van der Waals surface area contributed by atoms with Gasteiger partial charge in [-0.15, -0.1) is 0 Å². The molecule has 1 N–H and O–H groups in total. The maximum absolute atomic E-state index is 12.5. The highest BCUT2D eigenvalue weighted by atomic mass is 32.2. The summed E-state index contributed by atoms with van der Waals surface area (Å²) < 4.78 is 52.6. The number of carbonyl (C=O) groups excluding carboxylic acids is 2. The van der Waals surface area contributed by atoms with Gasteiger partial charge < -0.3 is 10.2 Å². The maximum atomic E-state index is 12.5. The van der Waals surface area contributed by atoms with Crippen LogP contribution < -0.4 is 5.32 Å². The fourth-order valence-electron chi connectivity index (χ4n) is 4.19. The van der Waals surface area contributed by atoms with Gasteiger partial charge in [0.05, 0.1) is 23.8 Å². The minimum atomic E-state index is -3.56. The third kappa shape index (κ3) is 8.11. The Bertz CT molecular complexity index is 1370. The summed E-state index contributed by atoms with van der Waals surface area (Å²) in [6.07, 6.45) is 2.38. The number of nitrogens with one attached hydrogen (secondary N) is 1. The summed E-state index contributed by atoms with van der Waals surface area (Å²) in [5.74, 6) is -0.158. The van der Waals surface area contributed by atoms with E-state index in [1.165, 1.54) is 27.9 Å². The average molecular weight is 596 g/mol. The molecule has 0 bridgehead atoms. The normalized spacial score (nSPS) is 18.0. The minimum Gasteiger partial charge on any atom is -0.388 e. The number of piperazine rings is 2. The van der Waals surface area contributed by atoms with Crippen molar-refractivity contribution in [3.05, 3.63) is 42.5 Å². The smallest absolute Gasteiger partial charge is 0.246 e. The van der Waals surface area contributed by atoms with Crippen LogP contribution in [0.1, 0.15) is 24.5 Å². The van der Waals surface area contributed by atoms with E-state index in [1.54, 1.807) is 38.2 Å². The molecule has 2 aliphatic heterocycles. The summed E-state index contributed by atoms with van der Waals surface area (Å²) in [4.78, 5) is 34.1. The van der Waals surface area contributed by atoms with E-state index >= 15 is 0 Å². The Morgan fingerprint density at radius 1 is 0.775 bits per heavy atom. The first-order chi connectivity index (χ1) is 18.8. The average Bonchev–Trinajstić information content (AvgIpc) is 2.93. The fourth-order valence-corrected chi connectivity index (χ4v) is 6.93. The molecule has 0 amide bonds. The van der Waals surface area contributed by atoms with Gasteiger partial charge in [0, 0.05) is 72.0 Å². The molecule has 0 atom stereocenters. The zero-order valence-corrected chi connectivity index (χ0v) is 24.9. The van der Waals surface area contributed by atoms with Gasteiger partial charge in [0.15, 0.2) is 11.6 Å². The Morgan fingerprint density at radius 2 is 1.25 bits per heavy atom. The first-order valence-corrected chi connectivity index (χ1v) is 15.7. The predicted octanol–water partition coefficient (Wildman–Crippen LogP) is 0.239. The van der Waals surface area contributed by atoms with Crippen LogP contribution in [0.5, 0.6) is 0 Å². The molecule has 220 valence electrons. The lowest BCUT2D eigenvalue weighted by Gasteiger charge is -2.33. The van der Waals surface area contributed by atoms with Crippen LogP contribution in [0.4, 0.5) is 5.69 Å². The van der Waals surface area contributed by atoms with Crippen molar-refractivity contribution in [2.24, 2.45) is 0 Å². The highest BCUT2D eigenvalue weighted by Crippen LogP contribution is 2.20. The highest BCUT2D eigenvalue weighted by Gasteiger charge is 2.29. The molecule has 2 aliphatic rings. The summed E-state index contributed by atoms with van der Waals surface area (Å²) in [7, 11) is -3.26. The Labute approximate surface area is 236 Å². The van der Waals surface area contributed by atoms with Gasteiger partial charge in [0.25, 0.3) is 0 Å². The van der Waals surface area contributed by atoms with E-state index in [0.29, 0.717) is 63.8 Å². The number of ketones is 2. The number of rotatable bonds is 8. The molecular weight excluding hydrogens is 558 g/mol. The number of anilines is 1. The quantitative estimate of drug-likeness (QED) is 0.418. The molecule has 0 spiro atoms. The standard InChI is InChI=1S/C14H21N3O3S.C11H16N4O3S/c1-12(18)11-16-7-9-17(10-8-16)21(19,20)14-5-3-13(15-2)4-6-14;1-9(16)11-12-7-10(8-13-11)19(17,18)15-5-3-14(2)4-6-15/h3-6,15H,7-11H2,1-2H3;7-8H,3-6H2,1-2H3. The first-order valence-electron chi connectivity index (χ1n) is 12.9. The van der Waals surface area contributed by atoms with Gasteiger partial charge in [-0.1, -0.05) is 0 Å². The molecule has 1 aromatic carbocycles. The molecule has 0 unspecified atom stereocenters. The fraction of sp³-hybridized carbons (Fsp3) is 0.520. The second kappa shape index (κ2) is 13.7. The van der Waals surface area contributed by atoms with E-state index in [1.807, 2.05) is 11.9 Å². The highest BCUT2D eigenvalue weighted by molar-refractivity contribution is 7.89. The Hall–Kier alpha value is -2.82. The summed E-state index contributed by atoms with van der Waals surface area (Å²) in [5, 5.41) is 2.96. The van der Waals surface area contributed by atoms with Crippen molar-refractivity contribution in [2.45, 2.75) is 23.6 Å². The molecule has 1 aromatic heterocycles. The van der Waals surface area contributed by atoms with Crippen LogP contribution in [-0.4, -0.2) is 130 Å². The zero-order chi connectivity index (χ0) is 29.5. The summed E-state index contributed by atoms with van der Waals surface area (Å²) in [6.45, 7) is 7.60. The van der Waals surface area contributed by atoms with Crippen LogP contribution in [0.15, 0.2) is 46.5 Å². The monoisotopic (exact) mass is 595 g/mol. The molecule has 2 aromatic rings. The van der Waals surface area contributed by atoms with Crippen LogP contribution in [0.25, 0.3) is 0 Å². The number of sulfonamides is 2. The zero-order valence-electron chi connectivity index (χ0n) is 23.3. The number of aromatic nitrogens is 2. The number of likely N-dealkylation sites (N-methyl/N-ethyl adjacent to an activating group) is 1. The van der Waals surface area contributed by atoms with Gasteiger partial charge >= 0.3 is 0 Å². The maximum Gasteiger partial charge on any atom is 0.246 e. The number of hydrogen-bond donors (Lipinski definition) is 1. The third-order valence-corrected chi connectivity index (χ3v) is 10.4. The van der Waals surface area contributed by atoms with E-state index in [-0.39, 0.29) is 22.3 Å². The molecule has 40 heavy (non-hydrogen) atoms. The Morgan fingerprint density at radius 3 is 1.70 bits per heavy atom. The van der Waals surface area contributed by atoms with Gasteiger partial charge in [-0.25, -0.2) is 26.8 Å². The van der Waals surface area contributed by atoms with Gasteiger partial charge in [-0.3, -0.25) is 14.5 Å². The molecule has 0 radical (unpaired) electrons. The van der Waals surface area contributed by atoms with Crippen molar-refractivity contribution in [2.75, 3.05) is 78.3 Å². The van der Waals surface area contributed by atoms with E-state index in [2.05, 4.69) is 20.2 Å². The summed E-state index contributed by atoms with van der Waals surface area (Å²) in [5.41, 5.74) is 0.875. The number of nitrogens with zero attached hydrogens (tertiary/aromatic N) is 6. The largest absolute Gasteiger partial charge is 0.388 e. The summed E-state index contributed by atoms with van der Waals surface area (Å²) >= 11 is 0. The van der Waals surface area contributed by atoms with Crippen LogP contribution in [0, 0.1) is 0 Å². The van der Waals surface area contributed by atoms with E-state index in [0.717, 1.165) is 5.69 Å². The van der Waals surface area contributed by atoms with Crippen LogP contribution in [0.3, 0.4) is 0 Å². The number of hydrogen-bond acceptors (Lipinski definition) is 11. The van der Waals surface area contributed by atoms with Crippen LogP contribution >= 0.6 is 0 Å². The molecule has 2 fully saturated rings. The molecule has 4 rings (SSSR count). The third-order valence-electron chi connectivity index (χ3n) is 6.60. The van der Waals surface area contributed by atoms with Gasteiger partial charge in [0.1, 0.15) is 10.7 Å². The van der Waals surface area contributed by atoms with Gasteiger partial charge in [0.2, 0.25) is 20.0 Å². The molecular formula is C25H37N7O6S2. The van der Waals surface area contributed by atoms with E-state index < -0.39 is 20.0 Å². The minimum absolute atomic E-state index is 0.0253. The van der Waals surface area contributed by atoms with Crippen molar-refractivity contribution in [1.82, 2.24) is 28.4 Å². The molecule has 0 saturated carbocycles. The Balaban J connectivity index is 0.000000222. The lowest BCUT2D eigenvalue weighted by molar-refractivity contribution is -0.118. The number of benzene rings is 1. The van der Waals surface area contributed by atoms with Crippen molar-refractivity contribution in [1.29, 1.82) is 0 Å². The molecule has 13 nitrogen and oxygen atoms in total.